The van der Waals surface area contributed by atoms with E-state index in [-0.39, 0.29) is 10.6 Å². The van der Waals surface area contributed by atoms with Crippen LogP contribution in [0.25, 0.3) is 0 Å². The highest BCUT2D eigenvalue weighted by Crippen LogP contribution is 2.24. The van der Waals surface area contributed by atoms with Crippen LogP contribution in [0, 0.1) is 17.0 Å². The Kier molecular flexibility index (Phi) is 3.84. The average Bonchev–Trinajstić information content (AvgIpc) is 2.72. The molecule has 1 aromatic carbocycles. The second kappa shape index (κ2) is 5.37. The average molecular weight is 283 g/mol. The molecule has 94 valence electrons. The van der Waals surface area contributed by atoms with Gasteiger partial charge >= 0.3 is 0 Å². The molecule has 1 heterocycles. The first-order chi connectivity index (χ1) is 8.56. The fourth-order valence-electron chi connectivity index (χ4n) is 1.61. The minimum absolute atomic E-state index is 0.139. The van der Waals surface area contributed by atoms with Gasteiger partial charge in [0.05, 0.1) is 9.26 Å². The number of anilines is 1. The lowest BCUT2D eigenvalue weighted by Gasteiger charge is -2.06. The quantitative estimate of drug-likeness (QED) is 0.674. The van der Waals surface area contributed by atoms with Gasteiger partial charge in [-0.25, -0.2) is 0 Å². The molecule has 0 saturated heterocycles. The maximum Gasteiger partial charge on any atom is 0.272 e. The summed E-state index contributed by atoms with van der Waals surface area (Å²) in [6, 6.07) is 8.80. The Morgan fingerprint density at radius 3 is 2.72 bits per heavy atom. The van der Waals surface area contributed by atoms with Gasteiger partial charge in [0.15, 0.2) is 0 Å². The minimum Gasteiger partial charge on any atom is -0.380 e. The summed E-state index contributed by atoms with van der Waals surface area (Å²) in [4.78, 5) is 11.4. The molecule has 0 aliphatic heterocycles. The topological polar surface area (TPSA) is 55.2 Å². The van der Waals surface area contributed by atoms with E-state index in [1.807, 2.05) is 12.1 Å². The highest BCUT2D eigenvalue weighted by atomic mass is 35.5. The predicted octanol–water partition coefficient (Wildman–Crippen LogP) is 4.23. The van der Waals surface area contributed by atoms with Crippen LogP contribution in [0.1, 0.15) is 10.4 Å². The molecule has 6 heteroatoms. The first-order valence-corrected chi connectivity index (χ1v) is 6.49. The highest BCUT2D eigenvalue weighted by Gasteiger charge is 2.09. The van der Waals surface area contributed by atoms with Gasteiger partial charge < -0.3 is 5.32 Å². The van der Waals surface area contributed by atoms with E-state index in [1.54, 1.807) is 19.1 Å². The summed E-state index contributed by atoms with van der Waals surface area (Å²) in [5.74, 6) is 0. The van der Waals surface area contributed by atoms with Gasteiger partial charge in [0.2, 0.25) is 0 Å². The van der Waals surface area contributed by atoms with Crippen LogP contribution in [0.15, 0.2) is 30.3 Å². The van der Waals surface area contributed by atoms with Crippen molar-refractivity contribution >= 4 is 34.3 Å². The van der Waals surface area contributed by atoms with Crippen molar-refractivity contribution in [1.29, 1.82) is 0 Å². The molecular formula is C12H11ClN2O2S. The zero-order chi connectivity index (χ0) is 13.1. The van der Waals surface area contributed by atoms with Crippen LogP contribution in [0.4, 0.5) is 11.4 Å². The number of hydrogen-bond acceptors (Lipinski definition) is 4. The van der Waals surface area contributed by atoms with Crippen molar-refractivity contribution in [2.24, 2.45) is 0 Å². The molecule has 4 nitrogen and oxygen atoms in total. The number of nitrogens with zero attached hydrogens (tertiary/aromatic N) is 1. The Hall–Kier alpha value is -1.59. The third kappa shape index (κ3) is 3.00. The second-order valence-electron chi connectivity index (χ2n) is 3.82. The Morgan fingerprint density at radius 1 is 1.39 bits per heavy atom. The Balaban J connectivity index is 2.06. The summed E-state index contributed by atoms with van der Waals surface area (Å²) in [6.45, 7) is 2.39. The predicted molar refractivity (Wildman–Crippen MR) is 74.5 cm³/mol. The molecule has 2 rings (SSSR count). The van der Waals surface area contributed by atoms with Crippen LogP contribution in [0.2, 0.25) is 4.34 Å². The first-order valence-electron chi connectivity index (χ1n) is 5.29. The van der Waals surface area contributed by atoms with E-state index in [0.29, 0.717) is 12.1 Å². The largest absolute Gasteiger partial charge is 0.380 e. The van der Waals surface area contributed by atoms with E-state index >= 15 is 0 Å². The molecule has 0 fully saturated rings. The van der Waals surface area contributed by atoms with Crippen molar-refractivity contribution in [2.45, 2.75) is 13.5 Å². The van der Waals surface area contributed by atoms with Gasteiger partial charge in [0.25, 0.3) is 5.69 Å². The fraction of sp³-hybridized carbons (Fsp3) is 0.167. The molecular weight excluding hydrogens is 272 g/mol. The smallest absolute Gasteiger partial charge is 0.272 e. The molecule has 0 saturated carbocycles. The number of aryl methyl sites for hydroxylation is 1. The van der Waals surface area contributed by atoms with Crippen molar-refractivity contribution in [2.75, 3.05) is 5.32 Å². The van der Waals surface area contributed by atoms with Gasteiger partial charge in [0, 0.05) is 28.7 Å². The second-order valence-corrected chi connectivity index (χ2v) is 5.62. The van der Waals surface area contributed by atoms with Crippen molar-refractivity contribution in [3.05, 3.63) is 55.2 Å². The monoisotopic (exact) mass is 282 g/mol. The lowest BCUT2D eigenvalue weighted by molar-refractivity contribution is -0.385. The lowest BCUT2D eigenvalue weighted by Crippen LogP contribution is -1.99. The van der Waals surface area contributed by atoms with Gasteiger partial charge in [0.1, 0.15) is 0 Å². The summed E-state index contributed by atoms with van der Waals surface area (Å²) in [5.41, 5.74) is 1.65. The molecule has 1 aromatic heterocycles. The maximum absolute atomic E-state index is 10.7. The van der Waals surface area contributed by atoms with Crippen molar-refractivity contribution in [3.63, 3.8) is 0 Å². The van der Waals surface area contributed by atoms with Crippen LogP contribution < -0.4 is 5.32 Å². The van der Waals surface area contributed by atoms with Crippen LogP contribution in [0.3, 0.4) is 0 Å². The molecule has 0 atom stereocenters. The van der Waals surface area contributed by atoms with Gasteiger partial charge in [-0.15, -0.1) is 11.3 Å². The van der Waals surface area contributed by atoms with Gasteiger partial charge in [-0.3, -0.25) is 10.1 Å². The number of nitro groups is 1. The normalized spacial score (nSPS) is 10.3. The van der Waals surface area contributed by atoms with E-state index in [9.17, 15) is 10.1 Å². The number of hydrogen-bond donors (Lipinski definition) is 1. The molecule has 0 amide bonds. The Bertz CT molecular complexity index is 583. The Labute approximate surface area is 113 Å². The lowest BCUT2D eigenvalue weighted by atomic mass is 10.2. The number of benzene rings is 1. The standard InChI is InChI=1S/C12H11ClN2O2S/c1-8-6-9(2-4-11(8)15(16)17)14-7-10-3-5-12(13)18-10/h2-6,14H,7H2,1H3. The zero-order valence-corrected chi connectivity index (χ0v) is 11.2. The van der Waals surface area contributed by atoms with Crippen LogP contribution >= 0.6 is 22.9 Å². The number of thiophene rings is 1. The summed E-state index contributed by atoms with van der Waals surface area (Å²) in [5, 5.41) is 13.9. The number of nitro benzene ring substituents is 1. The third-order valence-electron chi connectivity index (χ3n) is 2.49. The molecule has 18 heavy (non-hydrogen) atoms. The SMILES string of the molecule is Cc1cc(NCc2ccc(Cl)s2)ccc1[N+](=O)[O-]. The van der Waals surface area contributed by atoms with E-state index in [4.69, 9.17) is 11.6 Å². The molecule has 0 unspecified atom stereocenters. The maximum atomic E-state index is 10.7. The number of halogens is 1. The van der Waals surface area contributed by atoms with Crippen molar-refractivity contribution < 1.29 is 4.92 Å². The van der Waals surface area contributed by atoms with Gasteiger partial charge in [-0.1, -0.05) is 11.6 Å². The fourth-order valence-corrected chi connectivity index (χ4v) is 2.63. The zero-order valence-electron chi connectivity index (χ0n) is 9.64. The van der Waals surface area contributed by atoms with Crippen LogP contribution in [0.5, 0.6) is 0 Å². The van der Waals surface area contributed by atoms with Crippen LogP contribution in [-0.2, 0) is 6.54 Å². The van der Waals surface area contributed by atoms with E-state index in [1.165, 1.54) is 17.4 Å². The van der Waals surface area contributed by atoms with E-state index in [2.05, 4.69) is 5.32 Å². The summed E-state index contributed by atoms with van der Waals surface area (Å²) >= 11 is 7.35. The molecule has 0 spiro atoms. The molecule has 0 bridgehead atoms. The summed E-state index contributed by atoms with van der Waals surface area (Å²) in [6.07, 6.45) is 0. The first kappa shape index (κ1) is 12.9. The molecule has 1 N–H and O–H groups in total. The molecule has 0 aliphatic rings. The molecule has 0 radical (unpaired) electrons. The van der Waals surface area contributed by atoms with Crippen molar-refractivity contribution in [3.8, 4) is 0 Å². The third-order valence-corrected chi connectivity index (χ3v) is 3.72. The molecule has 2 aromatic rings. The Morgan fingerprint density at radius 2 is 2.17 bits per heavy atom. The summed E-state index contributed by atoms with van der Waals surface area (Å²) in [7, 11) is 0. The van der Waals surface area contributed by atoms with Gasteiger partial charge in [-0.2, -0.15) is 0 Å². The van der Waals surface area contributed by atoms with Crippen molar-refractivity contribution in [1.82, 2.24) is 0 Å². The van der Waals surface area contributed by atoms with Crippen LogP contribution in [-0.4, -0.2) is 4.92 Å². The number of nitrogens with one attached hydrogen (secondary N) is 1. The van der Waals surface area contributed by atoms with Gasteiger partial charge in [-0.05, 0) is 31.2 Å². The minimum atomic E-state index is -0.377. The molecule has 0 aliphatic carbocycles. The highest BCUT2D eigenvalue weighted by molar-refractivity contribution is 7.16. The number of rotatable bonds is 4. The summed E-state index contributed by atoms with van der Waals surface area (Å²) < 4.78 is 0.756. The van der Waals surface area contributed by atoms with E-state index < -0.39 is 0 Å². The van der Waals surface area contributed by atoms with E-state index in [0.717, 1.165) is 14.9 Å².